The first-order valence-corrected chi connectivity index (χ1v) is 9.90. The number of sulfonamides is 1. The summed E-state index contributed by atoms with van der Waals surface area (Å²) >= 11 is 0. The van der Waals surface area contributed by atoms with Crippen LogP contribution in [0.25, 0.3) is 0 Å². The minimum atomic E-state index is -3.77. The highest BCUT2D eigenvalue weighted by Gasteiger charge is 2.38. The number of nitrogens with one attached hydrogen (secondary N) is 1. The molecule has 0 radical (unpaired) electrons. The maximum absolute atomic E-state index is 12.9. The van der Waals surface area contributed by atoms with Crippen molar-refractivity contribution in [3.63, 3.8) is 0 Å². The molecule has 2 atom stereocenters. The summed E-state index contributed by atoms with van der Waals surface area (Å²) in [6.07, 6.45) is 2.78. The summed E-state index contributed by atoms with van der Waals surface area (Å²) in [7, 11) is -2.29. The average molecular weight is 380 g/mol. The largest absolute Gasteiger partial charge is 0.481 e. The Kier molecular flexibility index (Phi) is 7.03. The van der Waals surface area contributed by atoms with Crippen LogP contribution >= 0.6 is 0 Å². The van der Waals surface area contributed by atoms with Gasteiger partial charge >= 0.3 is 0 Å². The Balaban J connectivity index is 2.19. The van der Waals surface area contributed by atoms with Crippen LogP contribution in [0.3, 0.4) is 0 Å². The molecule has 26 heavy (non-hydrogen) atoms. The van der Waals surface area contributed by atoms with E-state index < -0.39 is 27.9 Å². The zero-order valence-electron chi connectivity index (χ0n) is 14.9. The molecule has 1 amide bonds. The zero-order valence-corrected chi connectivity index (χ0v) is 15.8. The van der Waals surface area contributed by atoms with Crippen molar-refractivity contribution in [3.05, 3.63) is 24.3 Å². The molecule has 1 aliphatic rings. The second-order valence-electron chi connectivity index (χ2n) is 6.14. The molecule has 0 bridgehead atoms. The second kappa shape index (κ2) is 9.03. The van der Waals surface area contributed by atoms with Gasteiger partial charge in [0.05, 0.1) is 10.8 Å². The molecule has 1 aromatic rings. The quantitative estimate of drug-likeness (QED) is 0.445. The summed E-state index contributed by atoms with van der Waals surface area (Å²) in [5, 5.41) is 8.93. The molecule has 2 N–H and O–H groups in total. The van der Waals surface area contributed by atoms with Gasteiger partial charge in [0.1, 0.15) is 12.4 Å². The molecule has 7 nitrogen and oxygen atoms in total. The Labute approximate surface area is 154 Å². The van der Waals surface area contributed by atoms with Crippen molar-refractivity contribution in [1.82, 2.24) is 9.79 Å². The molecular weight excluding hydrogens is 356 g/mol. The molecule has 142 valence electrons. The first-order chi connectivity index (χ1) is 12.4. The van der Waals surface area contributed by atoms with Gasteiger partial charge in [0.15, 0.2) is 0 Å². The summed E-state index contributed by atoms with van der Waals surface area (Å²) in [5.41, 5.74) is 1.65. The molecule has 0 aromatic heterocycles. The van der Waals surface area contributed by atoms with Crippen LogP contribution in [0, 0.1) is 17.8 Å². The Morgan fingerprint density at radius 1 is 1.31 bits per heavy atom. The van der Waals surface area contributed by atoms with Crippen molar-refractivity contribution in [2.24, 2.45) is 5.92 Å². The van der Waals surface area contributed by atoms with Gasteiger partial charge in [-0.2, -0.15) is 4.31 Å². The third kappa shape index (κ3) is 4.55. The number of hydrogen-bond donors (Lipinski definition) is 2. The highest BCUT2D eigenvalue weighted by Crippen LogP contribution is 2.31. The lowest BCUT2D eigenvalue weighted by Crippen LogP contribution is -2.48. The number of carbonyl (C=O) groups excluding carboxylic acids is 1. The number of hydroxylamine groups is 1. The van der Waals surface area contributed by atoms with Gasteiger partial charge in [-0.15, -0.1) is 5.92 Å². The molecule has 0 spiro atoms. The third-order valence-electron chi connectivity index (χ3n) is 4.63. The zero-order chi connectivity index (χ0) is 19.2. The standard InChI is InChI=1S/C18H24N2O5S/c1-3-4-13-25-14-9-11-15(12-10-14)26(23,24)20(2)17-8-6-5-7-16(17)18(21)19-22/h9-12,16-17,22H,5-8,13H2,1-2H3,(H,19,21)/t16-,17-/m1/s1. The van der Waals surface area contributed by atoms with Crippen LogP contribution < -0.4 is 10.2 Å². The smallest absolute Gasteiger partial charge is 0.248 e. The summed E-state index contributed by atoms with van der Waals surface area (Å²) in [4.78, 5) is 12.0. The van der Waals surface area contributed by atoms with Crippen LogP contribution in [0.2, 0.25) is 0 Å². The number of nitrogens with zero attached hydrogens (tertiary/aromatic N) is 1. The molecular formula is C18H24N2O5S. The number of hydrogen-bond acceptors (Lipinski definition) is 5. The molecule has 0 saturated heterocycles. The summed E-state index contributed by atoms with van der Waals surface area (Å²) in [6.45, 7) is 1.95. The van der Waals surface area contributed by atoms with Gasteiger partial charge in [-0.05, 0) is 44.0 Å². The Hall–Kier alpha value is -2.08. The van der Waals surface area contributed by atoms with E-state index in [1.54, 1.807) is 24.5 Å². The Bertz CT molecular complexity index is 780. The van der Waals surface area contributed by atoms with Crippen LogP contribution in [-0.4, -0.2) is 43.5 Å². The van der Waals surface area contributed by atoms with Gasteiger partial charge in [-0.25, -0.2) is 13.9 Å². The average Bonchev–Trinajstić information content (AvgIpc) is 2.67. The van der Waals surface area contributed by atoms with Gasteiger partial charge in [-0.1, -0.05) is 18.8 Å². The lowest BCUT2D eigenvalue weighted by Gasteiger charge is -2.35. The molecule has 2 rings (SSSR count). The second-order valence-corrected chi connectivity index (χ2v) is 8.14. The number of rotatable bonds is 6. The molecule has 1 aromatic carbocycles. The lowest BCUT2D eigenvalue weighted by molar-refractivity contribution is -0.136. The van der Waals surface area contributed by atoms with Crippen LogP contribution in [-0.2, 0) is 14.8 Å². The van der Waals surface area contributed by atoms with Crippen molar-refractivity contribution in [2.45, 2.75) is 43.5 Å². The van der Waals surface area contributed by atoms with Crippen molar-refractivity contribution in [3.8, 4) is 17.6 Å². The maximum Gasteiger partial charge on any atom is 0.248 e. The number of ether oxygens (including phenoxy) is 1. The number of amides is 1. The molecule has 0 heterocycles. The lowest BCUT2D eigenvalue weighted by atomic mass is 9.84. The first-order valence-electron chi connectivity index (χ1n) is 8.46. The van der Waals surface area contributed by atoms with E-state index in [-0.39, 0.29) is 11.5 Å². The fourth-order valence-corrected chi connectivity index (χ4v) is 4.60. The highest BCUT2D eigenvalue weighted by molar-refractivity contribution is 7.89. The summed E-state index contributed by atoms with van der Waals surface area (Å²) < 4.78 is 32.5. The Morgan fingerprint density at radius 3 is 2.58 bits per heavy atom. The third-order valence-corrected chi connectivity index (χ3v) is 6.53. The predicted octanol–water partition coefficient (Wildman–Crippen LogP) is 1.77. The predicted molar refractivity (Wildman–Crippen MR) is 96.0 cm³/mol. The van der Waals surface area contributed by atoms with Crippen LogP contribution in [0.5, 0.6) is 5.75 Å². The summed E-state index contributed by atoms with van der Waals surface area (Å²) in [5.74, 6) is 4.90. The monoisotopic (exact) mass is 380 g/mol. The Morgan fingerprint density at radius 2 is 1.96 bits per heavy atom. The van der Waals surface area contributed by atoms with E-state index in [0.29, 0.717) is 18.6 Å². The molecule has 0 unspecified atom stereocenters. The van der Waals surface area contributed by atoms with Gasteiger partial charge in [0.2, 0.25) is 15.9 Å². The molecule has 8 heteroatoms. The van der Waals surface area contributed by atoms with E-state index >= 15 is 0 Å². The fraction of sp³-hybridized carbons (Fsp3) is 0.500. The number of benzene rings is 1. The molecule has 1 aliphatic carbocycles. The van der Waals surface area contributed by atoms with Crippen molar-refractivity contribution in [1.29, 1.82) is 0 Å². The summed E-state index contributed by atoms with van der Waals surface area (Å²) in [6, 6.07) is 5.62. The normalized spacial score (nSPS) is 20.2. The minimum Gasteiger partial charge on any atom is -0.481 e. The molecule has 1 saturated carbocycles. The van der Waals surface area contributed by atoms with E-state index in [1.165, 1.54) is 23.5 Å². The maximum atomic E-state index is 12.9. The SMILES string of the molecule is CC#CCOc1ccc(S(=O)(=O)N(C)[C@@H]2CCCC[C@H]2C(=O)NO)cc1. The van der Waals surface area contributed by atoms with E-state index in [9.17, 15) is 13.2 Å². The van der Waals surface area contributed by atoms with Crippen LogP contribution in [0.15, 0.2) is 29.2 Å². The van der Waals surface area contributed by atoms with Crippen molar-refractivity contribution in [2.75, 3.05) is 13.7 Å². The number of carbonyl (C=O) groups is 1. The minimum absolute atomic E-state index is 0.127. The van der Waals surface area contributed by atoms with Crippen molar-refractivity contribution < 1.29 is 23.2 Å². The van der Waals surface area contributed by atoms with Crippen molar-refractivity contribution >= 4 is 15.9 Å². The van der Waals surface area contributed by atoms with Gasteiger partial charge < -0.3 is 4.74 Å². The van der Waals surface area contributed by atoms with E-state index in [0.717, 1.165) is 12.8 Å². The topological polar surface area (TPSA) is 95.9 Å². The van der Waals surface area contributed by atoms with E-state index in [1.807, 2.05) is 0 Å². The fourth-order valence-electron chi connectivity index (χ4n) is 3.18. The molecule has 1 fully saturated rings. The van der Waals surface area contributed by atoms with Crippen LogP contribution in [0.1, 0.15) is 32.6 Å². The van der Waals surface area contributed by atoms with Gasteiger partial charge in [0.25, 0.3) is 0 Å². The van der Waals surface area contributed by atoms with Gasteiger partial charge in [0, 0.05) is 13.1 Å². The van der Waals surface area contributed by atoms with Crippen LogP contribution in [0.4, 0.5) is 0 Å². The first kappa shape index (κ1) is 20.2. The molecule has 0 aliphatic heterocycles. The van der Waals surface area contributed by atoms with E-state index in [4.69, 9.17) is 9.94 Å². The highest BCUT2D eigenvalue weighted by atomic mass is 32.2. The van der Waals surface area contributed by atoms with E-state index in [2.05, 4.69) is 11.8 Å². The van der Waals surface area contributed by atoms with Gasteiger partial charge in [-0.3, -0.25) is 10.0 Å².